The zero-order chi connectivity index (χ0) is 18.0. The first-order chi connectivity index (χ1) is 12.0. The highest BCUT2D eigenvalue weighted by molar-refractivity contribution is 7.98. The van der Waals surface area contributed by atoms with Gasteiger partial charge in [-0.3, -0.25) is 4.79 Å². The molecule has 0 fully saturated rings. The molecule has 0 radical (unpaired) electrons. The van der Waals surface area contributed by atoms with Crippen LogP contribution in [0.1, 0.15) is 15.9 Å². The van der Waals surface area contributed by atoms with Crippen LogP contribution in [0.3, 0.4) is 0 Å². The van der Waals surface area contributed by atoms with Crippen LogP contribution in [0.25, 0.3) is 10.2 Å². The molecule has 1 heterocycles. The Hall–Kier alpha value is -1.27. The molecule has 0 saturated carbocycles. The molecule has 3 aromatic rings. The summed E-state index contributed by atoms with van der Waals surface area (Å²) in [6.07, 6.45) is 2.06. The van der Waals surface area contributed by atoms with Gasteiger partial charge in [0.1, 0.15) is 0 Å². The summed E-state index contributed by atoms with van der Waals surface area (Å²) < 4.78 is 3.22. The second-order valence-corrected chi connectivity index (χ2v) is 8.38. The molecule has 2 aromatic carbocycles. The van der Waals surface area contributed by atoms with Gasteiger partial charge in [-0.25, -0.2) is 0 Å². The van der Waals surface area contributed by atoms with Crippen molar-refractivity contribution in [2.45, 2.75) is 13.5 Å². The SMILES string of the molecule is CSCCn1c(=NC(=O)c2ccc(Cl)cc2Cl)sc2cc(C)ccc21. The van der Waals surface area contributed by atoms with Gasteiger partial charge < -0.3 is 4.57 Å². The Balaban J connectivity index is 2.12. The minimum atomic E-state index is -0.358. The van der Waals surface area contributed by atoms with Gasteiger partial charge >= 0.3 is 0 Å². The highest BCUT2D eigenvalue weighted by atomic mass is 35.5. The van der Waals surface area contributed by atoms with Crippen LogP contribution in [-0.2, 0) is 6.54 Å². The zero-order valence-electron chi connectivity index (χ0n) is 13.8. The van der Waals surface area contributed by atoms with Crippen molar-refractivity contribution in [1.82, 2.24) is 4.57 Å². The standard InChI is InChI=1S/C18H16Cl2N2OS2/c1-11-3-6-15-16(9-11)25-18(22(15)7-8-24-2)21-17(23)13-5-4-12(19)10-14(13)20/h3-6,9-10H,7-8H2,1-2H3. The monoisotopic (exact) mass is 410 g/mol. The zero-order valence-corrected chi connectivity index (χ0v) is 16.9. The maximum Gasteiger partial charge on any atom is 0.281 e. The van der Waals surface area contributed by atoms with Crippen molar-refractivity contribution in [2.75, 3.05) is 12.0 Å². The lowest BCUT2D eigenvalue weighted by Crippen LogP contribution is -2.18. The summed E-state index contributed by atoms with van der Waals surface area (Å²) >= 11 is 15.3. The smallest absolute Gasteiger partial charge is 0.281 e. The first-order valence-electron chi connectivity index (χ1n) is 7.62. The number of aromatic nitrogens is 1. The van der Waals surface area contributed by atoms with Crippen molar-refractivity contribution >= 4 is 62.4 Å². The minimum absolute atomic E-state index is 0.314. The van der Waals surface area contributed by atoms with Crippen LogP contribution in [0.2, 0.25) is 10.0 Å². The summed E-state index contributed by atoms with van der Waals surface area (Å²) in [5, 5.41) is 0.808. The van der Waals surface area contributed by atoms with Gasteiger partial charge in [-0.05, 0) is 49.1 Å². The Morgan fingerprint density at radius 3 is 2.76 bits per heavy atom. The maximum absolute atomic E-state index is 12.6. The first kappa shape index (κ1) is 18.5. The Bertz CT molecular complexity index is 1010. The van der Waals surface area contributed by atoms with E-state index in [0.717, 1.165) is 22.5 Å². The Morgan fingerprint density at radius 1 is 1.24 bits per heavy atom. The van der Waals surface area contributed by atoms with Crippen LogP contribution < -0.4 is 4.80 Å². The van der Waals surface area contributed by atoms with Gasteiger partial charge in [0.2, 0.25) is 0 Å². The molecule has 1 amide bonds. The Labute approximate surface area is 164 Å². The predicted octanol–water partition coefficient (Wildman–Crippen LogP) is 5.42. The summed E-state index contributed by atoms with van der Waals surface area (Å²) in [4.78, 5) is 17.6. The number of amides is 1. The number of carbonyl (C=O) groups excluding carboxylic acids is 1. The molecule has 0 aliphatic rings. The fourth-order valence-electron chi connectivity index (χ4n) is 2.47. The lowest BCUT2D eigenvalue weighted by atomic mass is 10.2. The summed E-state index contributed by atoms with van der Waals surface area (Å²) in [5.41, 5.74) is 2.64. The van der Waals surface area contributed by atoms with Gasteiger partial charge in [0.05, 0.1) is 20.8 Å². The van der Waals surface area contributed by atoms with Gasteiger partial charge in [0.25, 0.3) is 5.91 Å². The number of benzene rings is 2. The van der Waals surface area contributed by atoms with E-state index < -0.39 is 0 Å². The predicted molar refractivity (Wildman–Crippen MR) is 109 cm³/mol. The number of rotatable bonds is 4. The number of nitrogens with zero attached hydrogens (tertiary/aromatic N) is 2. The Kier molecular flexibility index (Phi) is 5.89. The van der Waals surface area contributed by atoms with Crippen molar-refractivity contribution < 1.29 is 4.79 Å². The van der Waals surface area contributed by atoms with Gasteiger partial charge in [-0.15, -0.1) is 0 Å². The third-order valence-electron chi connectivity index (χ3n) is 3.72. The van der Waals surface area contributed by atoms with Gasteiger partial charge in [-0.1, -0.05) is 40.6 Å². The summed E-state index contributed by atoms with van der Waals surface area (Å²) in [5.74, 6) is 0.589. The lowest BCUT2D eigenvalue weighted by molar-refractivity contribution is 0.0998. The molecule has 0 spiro atoms. The summed E-state index contributed by atoms with van der Waals surface area (Å²) in [7, 11) is 0. The van der Waals surface area contributed by atoms with E-state index in [2.05, 4.69) is 40.9 Å². The third-order valence-corrected chi connectivity index (χ3v) is 5.90. The molecule has 0 aliphatic carbocycles. The molecule has 0 N–H and O–H groups in total. The number of halogens is 2. The lowest BCUT2D eigenvalue weighted by Gasteiger charge is -2.04. The number of thioether (sulfide) groups is 1. The van der Waals surface area contributed by atoms with Crippen LogP contribution in [0.15, 0.2) is 41.4 Å². The molecule has 0 atom stereocenters. The molecule has 0 bridgehead atoms. The van der Waals surface area contributed by atoms with E-state index >= 15 is 0 Å². The van der Waals surface area contributed by atoms with E-state index in [9.17, 15) is 4.79 Å². The second-order valence-electron chi connectivity index (χ2n) is 5.54. The highest BCUT2D eigenvalue weighted by Gasteiger charge is 2.12. The van der Waals surface area contributed by atoms with Crippen molar-refractivity contribution in [3.63, 3.8) is 0 Å². The number of fused-ring (bicyclic) bond motifs is 1. The molecule has 130 valence electrons. The maximum atomic E-state index is 12.6. The van der Waals surface area contributed by atoms with E-state index in [1.807, 2.05) is 0 Å². The number of aryl methyl sites for hydroxylation is 2. The van der Waals surface area contributed by atoms with Crippen LogP contribution in [-0.4, -0.2) is 22.5 Å². The van der Waals surface area contributed by atoms with Crippen molar-refractivity contribution in [1.29, 1.82) is 0 Å². The average Bonchev–Trinajstić information content (AvgIpc) is 2.88. The molecule has 0 aliphatic heterocycles. The Morgan fingerprint density at radius 2 is 2.04 bits per heavy atom. The van der Waals surface area contributed by atoms with Crippen LogP contribution >= 0.6 is 46.3 Å². The fraction of sp³-hybridized carbons (Fsp3) is 0.222. The highest BCUT2D eigenvalue weighted by Crippen LogP contribution is 2.22. The van der Waals surface area contributed by atoms with Gasteiger partial charge in [0.15, 0.2) is 4.80 Å². The van der Waals surface area contributed by atoms with E-state index in [4.69, 9.17) is 23.2 Å². The van der Waals surface area contributed by atoms with Crippen molar-refractivity contribution in [2.24, 2.45) is 4.99 Å². The van der Waals surface area contributed by atoms with E-state index in [1.54, 1.807) is 30.0 Å². The number of hydrogen-bond acceptors (Lipinski definition) is 3. The van der Waals surface area contributed by atoms with Crippen molar-refractivity contribution in [3.8, 4) is 0 Å². The first-order valence-corrected chi connectivity index (χ1v) is 10.6. The largest absolute Gasteiger partial charge is 0.316 e. The molecular weight excluding hydrogens is 395 g/mol. The summed E-state index contributed by atoms with van der Waals surface area (Å²) in [6.45, 7) is 2.85. The average molecular weight is 411 g/mol. The molecule has 0 saturated heterocycles. The van der Waals surface area contributed by atoms with Gasteiger partial charge in [-0.2, -0.15) is 16.8 Å². The second kappa shape index (κ2) is 7.96. The number of hydrogen-bond donors (Lipinski definition) is 0. The molecule has 0 unspecified atom stereocenters. The third kappa shape index (κ3) is 4.11. The van der Waals surface area contributed by atoms with Crippen molar-refractivity contribution in [3.05, 3.63) is 62.4 Å². The van der Waals surface area contributed by atoms with Crippen LogP contribution in [0.5, 0.6) is 0 Å². The quantitative estimate of drug-likeness (QED) is 0.574. The molecule has 3 nitrogen and oxygen atoms in total. The summed E-state index contributed by atoms with van der Waals surface area (Å²) in [6, 6.07) is 11.1. The molecule has 7 heteroatoms. The fourth-order valence-corrected chi connectivity index (χ4v) is 4.48. The van der Waals surface area contributed by atoms with E-state index in [1.165, 1.54) is 16.9 Å². The van der Waals surface area contributed by atoms with E-state index in [-0.39, 0.29) is 5.91 Å². The molecular formula is C18H16Cl2N2OS2. The molecule has 1 aromatic heterocycles. The van der Waals surface area contributed by atoms with E-state index in [0.29, 0.717) is 20.4 Å². The molecule has 3 rings (SSSR count). The number of thiazole rings is 1. The van der Waals surface area contributed by atoms with Crippen LogP contribution in [0, 0.1) is 6.92 Å². The topological polar surface area (TPSA) is 34.4 Å². The minimum Gasteiger partial charge on any atom is -0.316 e. The normalized spacial score (nSPS) is 12.1. The van der Waals surface area contributed by atoms with Crippen LogP contribution in [0.4, 0.5) is 0 Å². The van der Waals surface area contributed by atoms with Gasteiger partial charge in [0, 0.05) is 17.3 Å². The molecule has 25 heavy (non-hydrogen) atoms. The number of carbonyl (C=O) groups is 1.